The summed E-state index contributed by atoms with van der Waals surface area (Å²) in [6.07, 6.45) is 18.3. The lowest BCUT2D eigenvalue weighted by Gasteiger charge is -2.54. The van der Waals surface area contributed by atoms with E-state index in [0.717, 1.165) is 35.6 Å². The van der Waals surface area contributed by atoms with E-state index in [4.69, 9.17) is 0 Å². The number of hydrogen-bond donors (Lipinski definition) is 1. The van der Waals surface area contributed by atoms with Crippen LogP contribution in [0.4, 0.5) is 0 Å². The zero-order valence-electron chi connectivity index (χ0n) is 13.2. The monoisotopic (exact) mass is 275 g/mol. The Morgan fingerprint density at radius 3 is 1.90 bits per heavy atom. The maximum absolute atomic E-state index is 3.92. The fraction of sp³-hybridized carbons (Fsp3) is 1.00. The van der Waals surface area contributed by atoms with Crippen LogP contribution < -0.4 is 5.32 Å². The van der Waals surface area contributed by atoms with E-state index in [9.17, 15) is 0 Å². The van der Waals surface area contributed by atoms with Gasteiger partial charge >= 0.3 is 0 Å². The van der Waals surface area contributed by atoms with E-state index in [1.807, 2.05) is 0 Å². The van der Waals surface area contributed by atoms with Gasteiger partial charge in [-0.1, -0.05) is 25.7 Å². The Hall–Kier alpha value is -0.0400. The van der Waals surface area contributed by atoms with Gasteiger partial charge in [-0.25, -0.2) is 0 Å². The molecule has 0 saturated heterocycles. The van der Waals surface area contributed by atoms with Crippen LogP contribution >= 0.6 is 0 Å². The Morgan fingerprint density at radius 1 is 0.700 bits per heavy atom. The van der Waals surface area contributed by atoms with Crippen LogP contribution in [0.2, 0.25) is 0 Å². The summed E-state index contributed by atoms with van der Waals surface area (Å²) in [6, 6.07) is 0.856. The topological polar surface area (TPSA) is 12.0 Å². The van der Waals surface area contributed by atoms with E-state index >= 15 is 0 Å². The molecule has 20 heavy (non-hydrogen) atoms. The molecule has 5 saturated carbocycles. The fourth-order valence-corrected chi connectivity index (χ4v) is 6.45. The second kappa shape index (κ2) is 5.99. The molecule has 1 N–H and O–H groups in total. The molecule has 5 aliphatic rings. The predicted octanol–water partition coefficient (Wildman–Crippen LogP) is 4.76. The van der Waals surface area contributed by atoms with Crippen LogP contribution in [0, 0.1) is 29.6 Å². The van der Waals surface area contributed by atoms with Gasteiger partial charge in [0, 0.05) is 6.04 Å². The fourth-order valence-electron chi connectivity index (χ4n) is 6.45. The first-order chi connectivity index (χ1) is 9.88. The van der Waals surface area contributed by atoms with Crippen molar-refractivity contribution in [3.8, 4) is 0 Å². The Bertz CT molecular complexity index is 288. The van der Waals surface area contributed by atoms with Crippen molar-refractivity contribution < 1.29 is 0 Å². The van der Waals surface area contributed by atoms with E-state index in [2.05, 4.69) is 5.32 Å². The second-order valence-electron chi connectivity index (χ2n) is 8.53. The van der Waals surface area contributed by atoms with Gasteiger partial charge in [0.05, 0.1) is 0 Å². The third kappa shape index (κ3) is 2.80. The Kier molecular flexibility index (Phi) is 4.07. The van der Waals surface area contributed by atoms with Crippen molar-refractivity contribution in [1.29, 1.82) is 0 Å². The van der Waals surface area contributed by atoms with Crippen LogP contribution in [0.15, 0.2) is 0 Å². The van der Waals surface area contributed by atoms with Gasteiger partial charge in [0.15, 0.2) is 0 Å². The molecule has 1 heteroatoms. The van der Waals surface area contributed by atoms with Gasteiger partial charge in [-0.15, -0.1) is 0 Å². The van der Waals surface area contributed by atoms with Gasteiger partial charge in [-0.2, -0.15) is 0 Å². The lowest BCUT2D eigenvalue weighted by molar-refractivity contribution is -0.0395. The minimum atomic E-state index is 0.856. The van der Waals surface area contributed by atoms with Gasteiger partial charge in [0.25, 0.3) is 0 Å². The van der Waals surface area contributed by atoms with Gasteiger partial charge in [0.2, 0.25) is 0 Å². The zero-order valence-corrected chi connectivity index (χ0v) is 13.2. The van der Waals surface area contributed by atoms with E-state index in [1.165, 1.54) is 51.5 Å². The van der Waals surface area contributed by atoms with Crippen LogP contribution in [0.5, 0.6) is 0 Å². The average Bonchev–Trinajstić information content (AvgIpc) is 2.70. The van der Waals surface area contributed by atoms with Crippen LogP contribution in [-0.2, 0) is 0 Å². The highest BCUT2D eigenvalue weighted by Gasteiger charge is 2.47. The molecule has 0 amide bonds. The molecule has 0 aromatic carbocycles. The molecule has 4 bridgehead atoms. The van der Waals surface area contributed by atoms with Gasteiger partial charge in [0.1, 0.15) is 0 Å². The highest BCUT2D eigenvalue weighted by molar-refractivity contribution is 4.98. The zero-order chi connectivity index (χ0) is 13.4. The quantitative estimate of drug-likeness (QED) is 0.729. The SMILES string of the molecule is C1CCCC(NCCC2C3CC4CC(C3)CC2C4)CC1. The minimum Gasteiger partial charge on any atom is -0.314 e. The smallest absolute Gasteiger partial charge is 0.00670 e. The maximum Gasteiger partial charge on any atom is 0.00670 e. The van der Waals surface area contributed by atoms with Gasteiger partial charge in [-0.3, -0.25) is 0 Å². The summed E-state index contributed by atoms with van der Waals surface area (Å²) in [5.74, 6) is 5.64. The molecule has 0 aromatic heterocycles. The first-order valence-electron chi connectivity index (χ1n) is 9.62. The normalized spacial score (nSPS) is 44.7. The first kappa shape index (κ1) is 13.6. The molecular weight excluding hydrogens is 242 g/mol. The van der Waals surface area contributed by atoms with E-state index in [-0.39, 0.29) is 0 Å². The number of rotatable bonds is 4. The summed E-state index contributed by atoms with van der Waals surface area (Å²) in [4.78, 5) is 0. The molecule has 5 aliphatic carbocycles. The summed E-state index contributed by atoms with van der Waals surface area (Å²) < 4.78 is 0. The molecule has 0 aromatic rings. The Morgan fingerprint density at radius 2 is 1.30 bits per heavy atom. The van der Waals surface area contributed by atoms with Crippen LogP contribution in [0.25, 0.3) is 0 Å². The summed E-state index contributed by atoms with van der Waals surface area (Å²) in [5, 5.41) is 3.92. The molecule has 5 fully saturated rings. The van der Waals surface area contributed by atoms with Gasteiger partial charge < -0.3 is 5.32 Å². The van der Waals surface area contributed by atoms with Crippen molar-refractivity contribution in [3.05, 3.63) is 0 Å². The standard InChI is InChI=1S/C19H33N/c1-2-4-6-18(5-3-1)20-8-7-19-16-10-14-9-15(12-16)13-17(19)11-14/h14-20H,1-13H2. The highest BCUT2D eigenvalue weighted by Crippen LogP contribution is 2.57. The van der Waals surface area contributed by atoms with E-state index < -0.39 is 0 Å². The third-order valence-corrected chi connectivity index (χ3v) is 7.19. The van der Waals surface area contributed by atoms with Crippen molar-refractivity contribution in [2.75, 3.05) is 6.54 Å². The van der Waals surface area contributed by atoms with Crippen molar-refractivity contribution in [2.45, 2.75) is 83.1 Å². The van der Waals surface area contributed by atoms with Crippen molar-refractivity contribution in [3.63, 3.8) is 0 Å². The molecule has 0 atom stereocenters. The van der Waals surface area contributed by atoms with Gasteiger partial charge in [-0.05, 0) is 87.5 Å². The summed E-state index contributed by atoms with van der Waals surface area (Å²) in [5.41, 5.74) is 0. The van der Waals surface area contributed by atoms with Crippen LogP contribution in [-0.4, -0.2) is 12.6 Å². The molecule has 0 unspecified atom stereocenters. The molecule has 0 spiro atoms. The Balaban J connectivity index is 1.25. The Labute approximate surface area is 125 Å². The minimum absolute atomic E-state index is 0.856. The van der Waals surface area contributed by atoms with E-state index in [1.54, 1.807) is 32.1 Å². The number of hydrogen-bond acceptors (Lipinski definition) is 1. The van der Waals surface area contributed by atoms with Crippen LogP contribution in [0.3, 0.4) is 0 Å². The lowest BCUT2D eigenvalue weighted by atomic mass is 9.51. The molecular formula is C19H33N. The maximum atomic E-state index is 3.92. The molecule has 0 heterocycles. The average molecular weight is 275 g/mol. The lowest BCUT2D eigenvalue weighted by Crippen LogP contribution is -2.46. The molecule has 0 radical (unpaired) electrons. The summed E-state index contributed by atoms with van der Waals surface area (Å²) in [7, 11) is 0. The highest BCUT2D eigenvalue weighted by atomic mass is 14.9. The predicted molar refractivity (Wildman–Crippen MR) is 84.6 cm³/mol. The summed E-state index contributed by atoms with van der Waals surface area (Å²) >= 11 is 0. The van der Waals surface area contributed by atoms with Crippen molar-refractivity contribution in [2.24, 2.45) is 29.6 Å². The third-order valence-electron chi connectivity index (χ3n) is 7.19. The van der Waals surface area contributed by atoms with E-state index in [0.29, 0.717) is 0 Å². The first-order valence-corrected chi connectivity index (χ1v) is 9.62. The largest absolute Gasteiger partial charge is 0.314 e. The molecule has 114 valence electrons. The summed E-state index contributed by atoms with van der Waals surface area (Å²) in [6.45, 7) is 1.32. The second-order valence-corrected chi connectivity index (χ2v) is 8.53. The molecule has 1 nitrogen and oxygen atoms in total. The molecule has 0 aliphatic heterocycles. The van der Waals surface area contributed by atoms with Crippen molar-refractivity contribution in [1.82, 2.24) is 5.32 Å². The number of nitrogens with one attached hydrogen (secondary N) is 1. The van der Waals surface area contributed by atoms with Crippen LogP contribution in [0.1, 0.15) is 77.0 Å². The molecule has 5 rings (SSSR count). The van der Waals surface area contributed by atoms with Crippen molar-refractivity contribution >= 4 is 0 Å².